The predicted molar refractivity (Wildman–Crippen MR) is 132 cm³/mol. The quantitative estimate of drug-likeness (QED) is 0.316. The first-order valence-electron chi connectivity index (χ1n) is 10.9. The third-order valence-electron chi connectivity index (χ3n) is 5.63. The van der Waals surface area contributed by atoms with E-state index in [-0.39, 0.29) is 17.9 Å². The Bertz CT molecular complexity index is 1360. The number of fused-ring (bicyclic) bond motifs is 1. The van der Waals surface area contributed by atoms with Crippen molar-refractivity contribution in [2.75, 3.05) is 5.32 Å². The second kappa shape index (κ2) is 10.3. The maximum absolute atomic E-state index is 13.9. The molecule has 0 saturated heterocycles. The molecule has 1 unspecified atom stereocenters. The third-order valence-corrected chi connectivity index (χ3v) is 6.22. The van der Waals surface area contributed by atoms with Crippen molar-refractivity contribution in [3.63, 3.8) is 0 Å². The molecule has 0 radical (unpaired) electrons. The van der Waals surface area contributed by atoms with Crippen molar-refractivity contribution >= 4 is 45.8 Å². The lowest BCUT2D eigenvalue weighted by Gasteiger charge is -2.19. The van der Waals surface area contributed by atoms with Crippen LogP contribution in [0.4, 0.5) is 14.5 Å². The summed E-state index contributed by atoms with van der Waals surface area (Å²) in [5.41, 5.74) is 3.19. The van der Waals surface area contributed by atoms with Gasteiger partial charge in [-0.2, -0.15) is 8.78 Å². The number of halogens is 4. The van der Waals surface area contributed by atoms with E-state index in [0.29, 0.717) is 39.8 Å². The number of amides is 1. The average Bonchev–Trinajstić information content (AvgIpc) is 3.21. The standard InChI is InChI=1S/C25H22Cl2F2N4O2/c1-15(34)25(28,29)18-5-2-16(3-6-18)12-24(35)30-20-8-9-23-22(14-20)31-32-33(23)11-10-17-4-7-19(26)13-21(17)27/h2-9,13-15,34H,10-12H2,1H3,(H,30,35). The van der Waals surface area contributed by atoms with Gasteiger partial charge in [0.25, 0.3) is 5.92 Å². The molecule has 4 rings (SSSR count). The van der Waals surface area contributed by atoms with Crippen LogP contribution in [0.25, 0.3) is 11.0 Å². The first-order valence-corrected chi connectivity index (χ1v) is 11.6. The number of carbonyl (C=O) groups is 1. The number of anilines is 1. The van der Waals surface area contributed by atoms with Crippen LogP contribution in [0.1, 0.15) is 23.6 Å². The zero-order chi connectivity index (χ0) is 25.2. The highest BCUT2D eigenvalue weighted by atomic mass is 35.5. The molecule has 0 aliphatic heterocycles. The van der Waals surface area contributed by atoms with Gasteiger partial charge in [0.2, 0.25) is 5.91 Å². The summed E-state index contributed by atoms with van der Waals surface area (Å²) in [6.45, 7) is 1.60. The molecule has 0 bridgehead atoms. The Labute approximate surface area is 210 Å². The molecule has 0 saturated carbocycles. The smallest absolute Gasteiger partial charge is 0.298 e. The number of aliphatic hydroxyl groups is 1. The van der Waals surface area contributed by atoms with E-state index in [1.165, 1.54) is 24.3 Å². The molecule has 182 valence electrons. The molecular formula is C25H22Cl2F2N4O2. The number of alkyl halides is 2. The Balaban J connectivity index is 1.39. The minimum absolute atomic E-state index is 0.00705. The van der Waals surface area contributed by atoms with Gasteiger partial charge in [0, 0.05) is 27.8 Å². The second-order valence-electron chi connectivity index (χ2n) is 8.22. The highest BCUT2D eigenvalue weighted by Crippen LogP contribution is 2.31. The van der Waals surface area contributed by atoms with Crippen LogP contribution in [0.2, 0.25) is 10.0 Å². The van der Waals surface area contributed by atoms with Gasteiger partial charge in [-0.05, 0) is 54.8 Å². The highest BCUT2D eigenvalue weighted by molar-refractivity contribution is 6.35. The maximum Gasteiger partial charge on any atom is 0.298 e. The van der Waals surface area contributed by atoms with Crippen molar-refractivity contribution in [2.45, 2.75) is 38.3 Å². The fraction of sp³-hybridized carbons (Fsp3) is 0.240. The van der Waals surface area contributed by atoms with Gasteiger partial charge >= 0.3 is 0 Å². The van der Waals surface area contributed by atoms with Crippen LogP contribution in [-0.4, -0.2) is 32.1 Å². The summed E-state index contributed by atoms with van der Waals surface area (Å²) >= 11 is 12.2. The van der Waals surface area contributed by atoms with Crippen LogP contribution >= 0.6 is 23.2 Å². The number of hydrogen-bond donors (Lipinski definition) is 2. The normalized spacial score (nSPS) is 12.6. The molecule has 0 fully saturated rings. The number of aliphatic hydroxyl groups excluding tert-OH is 1. The van der Waals surface area contributed by atoms with Crippen LogP contribution in [0.15, 0.2) is 60.7 Å². The van der Waals surface area contributed by atoms with E-state index in [1.54, 1.807) is 28.9 Å². The van der Waals surface area contributed by atoms with Crippen molar-refractivity contribution in [1.82, 2.24) is 15.0 Å². The molecule has 0 spiro atoms. The molecule has 1 heterocycles. The number of aromatic nitrogens is 3. The highest BCUT2D eigenvalue weighted by Gasteiger charge is 2.37. The number of nitrogens with one attached hydrogen (secondary N) is 1. The number of hydrogen-bond acceptors (Lipinski definition) is 4. The molecule has 1 aromatic heterocycles. The first kappa shape index (κ1) is 25.0. The largest absolute Gasteiger partial charge is 0.387 e. The predicted octanol–water partition coefficient (Wildman–Crippen LogP) is 5.63. The van der Waals surface area contributed by atoms with Crippen LogP contribution in [0.5, 0.6) is 0 Å². The first-order chi connectivity index (χ1) is 16.6. The lowest BCUT2D eigenvalue weighted by atomic mass is 10.0. The summed E-state index contributed by atoms with van der Waals surface area (Å²) < 4.78 is 29.6. The number of rotatable bonds is 8. The Hall–Kier alpha value is -3.07. The molecule has 2 N–H and O–H groups in total. The Morgan fingerprint density at radius 1 is 1.11 bits per heavy atom. The van der Waals surface area contributed by atoms with E-state index in [4.69, 9.17) is 23.2 Å². The lowest BCUT2D eigenvalue weighted by Crippen LogP contribution is -2.27. The minimum Gasteiger partial charge on any atom is -0.387 e. The fourth-order valence-corrected chi connectivity index (χ4v) is 4.15. The molecule has 0 aliphatic rings. The van der Waals surface area contributed by atoms with Crippen molar-refractivity contribution < 1.29 is 18.7 Å². The molecule has 1 atom stereocenters. The van der Waals surface area contributed by atoms with Crippen LogP contribution in [0, 0.1) is 0 Å². The topological polar surface area (TPSA) is 80.0 Å². The van der Waals surface area contributed by atoms with Crippen molar-refractivity contribution in [1.29, 1.82) is 0 Å². The summed E-state index contributed by atoms with van der Waals surface area (Å²) in [7, 11) is 0. The van der Waals surface area contributed by atoms with E-state index in [0.717, 1.165) is 18.0 Å². The summed E-state index contributed by atoms with van der Waals surface area (Å²) in [5, 5.41) is 21.6. The number of aryl methyl sites for hydroxylation is 2. The SMILES string of the molecule is CC(O)C(F)(F)c1ccc(CC(=O)Nc2ccc3c(c2)nnn3CCc2ccc(Cl)cc2Cl)cc1. The van der Waals surface area contributed by atoms with E-state index in [2.05, 4.69) is 15.6 Å². The monoisotopic (exact) mass is 518 g/mol. The molecule has 4 aromatic rings. The van der Waals surface area contributed by atoms with E-state index in [1.807, 2.05) is 12.1 Å². The Kier molecular flexibility index (Phi) is 7.35. The number of benzene rings is 3. The van der Waals surface area contributed by atoms with Gasteiger partial charge in [-0.25, -0.2) is 4.68 Å². The Morgan fingerprint density at radius 2 is 1.86 bits per heavy atom. The van der Waals surface area contributed by atoms with Crippen molar-refractivity contribution in [3.05, 3.63) is 87.4 Å². The van der Waals surface area contributed by atoms with Crippen molar-refractivity contribution in [3.8, 4) is 0 Å². The second-order valence-corrected chi connectivity index (χ2v) is 9.07. The molecule has 35 heavy (non-hydrogen) atoms. The zero-order valence-electron chi connectivity index (χ0n) is 18.7. The van der Waals surface area contributed by atoms with Gasteiger partial charge in [0.15, 0.2) is 0 Å². The molecule has 3 aromatic carbocycles. The van der Waals surface area contributed by atoms with E-state index < -0.39 is 12.0 Å². The van der Waals surface area contributed by atoms with Gasteiger partial charge in [-0.3, -0.25) is 4.79 Å². The lowest BCUT2D eigenvalue weighted by molar-refractivity contribution is -0.115. The molecule has 6 nitrogen and oxygen atoms in total. The maximum atomic E-state index is 13.9. The van der Waals surface area contributed by atoms with Crippen LogP contribution in [-0.2, 0) is 30.1 Å². The molecule has 10 heteroatoms. The van der Waals surface area contributed by atoms with Gasteiger partial charge in [-0.15, -0.1) is 5.10 Å². The average molecular weight is 519 g/mol. The summed E-state index contributed by atoms with van der Waals surface area (Å²) in [6.07, 6.45) is -1.15. The number of nitrogens with zero attached hydrogens (tertiary/aromatic N) is 3. The van der Waals surface area contributed by atoms with Gasteiger partial charge in [0.1, 0.15) is 11.6 Å². The fourth-order valence-electron chi connectivity index (χ4n) is 3.64. The Morgan fingerprint density at radius 3 is 2.54 bits per heavy atom. The van der Waals surface area contributed by atoms with Gasteiger partial charge < -0.3 is 10.4 Å². The molecular weight excluding hydrogens is 497 g/mol. The van der Waals surface area contributed by atoms with Crippen molar-refractivity contribution in [2.24, 2.45) is 0 Å². The summed E-state index contributed by atoms with van der Waals surface area (Å²) in [6, 6.07) is 16.0. The van der Waals surface area contributed by atoms with E-state index in [9.17, 15) is 18.7 Å². The summed E-state index contributed by atoms with van der Waals surface area (Å²) in [5.74, 6) is -3.65. The number of carbonyl (C=O) groups excluding carboxylic acids is 1. The van der Waals surface area contributed by atoms with Gasteiger partial charge in [-0.1, -0.05) is 58.7 Å². The third kappa shape index (κ3) is 5.78. The molecule has 1 amide bonds. The minimum atomic E-state index is -3.35. The molecule has 0 aliphatic carbocycles. The van der Waals surface area contributed by atoms with E-state index >= 15 is 0 Å². The zero-order valence-corrected chi connectivity index (χ0v) is 20.2. The van der Waals surface area contributed by atoms with Crippen LogP contribution < -0.4 is 5.32 Å². The summed E-state index contributed by atoms with van der Waals surface area (Å²) in [4.78, 5) is 12.5. The van der Waals surface area contributed by atoms with Gasteiger partial charge in [0.05, 0.1) is 11.9 Å². The van der Waals surface area contributed by atoms with Crippen LogP contribution in [0.3, 0.4) is 0 Å².